The van der Waals surface area contributed by atoms with Crippen LogP contribution in [0, 0.1) is 6.92 Å². The molecule has 0 radical (unpaired) electrons. The summed E-state index contributed by atoms with van der Waals surface area (Å²) in [7, 11) is 0. The number of thiophene rings is 1. The Kier molecular flexibility index (Phi) is 6.70. The van der Waals surface area contributed by atoms with Crippen molar-refractivity contribution in [2.45, 2.75) is 19.8 Å². The van der Waals surface area contributed by atoms with Crippen molar-refractivity contribution in [1.29, 1.82) is 0 Å². The Hall–Kier alpha value is -3.08. The number of carbonyl (C=O) groups excluding carboxylic acids is 1. The second-order valence-electron chi connectivity index (χ2n) is 8.11. The molecule has 176 valence electrons. The third kappa shape index (κ3) is 4.75. The van der Waals surface area contributed by atoms with Crippen molar-refractivity contribution in [2.75, 3.05) is 32.7 Å². The van der Waals surface area contributed by atoms with Crippen LogP contribution in [-0.2, 0) is 6.42 Å². The molecule has 1 fully saturated rings. The molecule has 0 aliphatic carbocycles. The van der Waals surface area contributed by atoms with Gasteiger partial charge in [0.05, 0.1) is 21.3 Å². The molecule has 0 spiro atoms. The van der Waals surface area contributed by atoms with E-state index in [0.29, 0.717) is 46.9 Å². The molecule has 0 atom stereocenters. The summed E-state index contributed by atoms with van der Waals surface area (Å²) in [5, 5.41) is 14.9. The van der Waals surface area contributed by atoms with Gasteiger partial charge in [0.1, 0.15) is 0 Å². The van der Waals surface area contributed by atoms with Gasteiger partial charge >= 0.3 is 0 Å². The molecular weight excluding hydrogens is 474 g/mol. The van der Waals surface area contributed by atoms with Gasteiger partial charge in [0.15, 0.2) is 5.69 Å². The van der Waals surface area contributed by atoms with E-state index in [0.717, 1.165) is 37.4 Å². The predicted octanol–water partition coefficient (Wildman–Crippen LogP) is 3.73. The smallest absolute Gasteiger partial charge is 0.276 e. The zero-order chi connectivity index (χ0) is 23.5. The van der Waals surface area contributed by atoms with Crippen molar-refractivity contribution in [3.8, 4) is 16.4 Å². The van der Waals surface area contributed by atoms with E-state index in [9.17, 15) is 4.79 Å². The molecule has 0 N–H and O–H groups in total. The lowest BCUT2D eigenvalue weighted by molar-refractivity contribution is 0.0629. The number of rotatable bonds is 7. The number of aryl methyl sites for hydroxylation is 1. The maximum absolute atomic E-state index is 13.1. The van der Waals surface area contributed by atoms with Crippen LogP contribution in [0.3, 0.4) is 0 Å². The lowest BCUT2D eigenvalue weighted by atomic mass is 10.2. The lowest BCUT2D eigenvalue weighted by Crippen LogP contribution is -2.49. The minimum absolute atomic E-state index is 0.0950. The van der Waals surface area contributed by atoms with Crippen LogP contribution < -0.4 is 0 Å². The summed E-state index contributed by atoms with van der Waals surface area (Å²) >= 11 is 7.88. The van der Waals surface area contributed by atoms with Gasteiger partial charge in [-0.25, -0.2) is 4.68 Å². The normalized spacial score (nSPS) is 14.6. The first kappa shape index (κ1) is 22.7. The van der Waals surface area contributed by atoms with Crippen molar-refractivity contribution in [3.63, 3.8) is 0 Å². The third-order valence-corrected chi connectivity index (χ3v) is 7.10. The van der Waals surface area contributed by atoms with Crippen LogP contribution in [-0.4, -0.2) is 73.6 Å². The summed E-state index contributed by atoms with van der Waals surface area (Å²) in [5.41, 5.74) is 1.76. The molecule has 3 aromatic heterocycles. The Morgan fingerprint density at radius 1 is 1.15 bits per heavy atom. The molecule has 4 aromatic rings. The summed E-state index contributed by atoms with van der Waals surface area (Å²) < 4.78 is 7.00. The summed E-state index contributed by atoms with van der Waals surface area (Å²) in [6.07, 6.45) is 1.66. The van der Waals surface area contributed by atoms with Crippen molar-refractivity contribution >= 4 is 28.8 Å². The van der Waals surface area contributed by atoms with Crippen molar-refractivity contribution < 1.29 is 9.32 Å². The number of amides is 1. The molecule has 34 heavy (non-hydrogen) atoms. The van der Waals surface area contributed by atoms with Gasteiger partial charge in [-0.3, -0.25) is 9.69 Å². The van der Waals surface area contributed by atoms with Gasteiger partial charge in [0, 0.05) is 32.6 Å². The summed E-state index contributed by atoms with van der Waals surface area (Å²) in [5.74, 6) is 1.22. The molecule has 1 amide bonds. The van der Waals surface area contributed by atoms with Crippen LogP contribution in [0.4, 0.5) is 0 Å². The molecular formula is C23H24ClN7O2S. The minimum Gasteiger partial charge on any atom is -0.339 e. The van der Waals surface area contributed by atoms with Crippen LogP contribution in [0.2, 0.25) is 5.02 Å². The molecule has 9 nitrogen and oxygen atoms in total. The molecule has 0 saturated carbocycles. The predicted molar refractivity (Wildman–Crippen MR) is 129 cm³/mol. The highest BCUT2D eigenvalue weighted by atomic mass is 35.5. The number of para-hydroxylation sites is 1. The highest BCUT2D eigenvalue weighted by Gasteiger charge is 2.26. The Bertz CT molecular complexity index is 1260. The average molecular weight is 498 g/mol. The van der Waals surface area contributed by atoms with Crippen molar-refractivity contribution in [3.05, 3.63) is 64.1 Å². The molecule has 11 heteroatoms. The molecule has 4 heterocycles. The quantitative estimate of drug-likeness (QED) is 0.384. The number of nitrogens with zero attached hydrogens (tertiary/aromatic N) is 7. The zero-order valence-corrected chi connectivity index (χ0v) is 20.3. The molecule has 5 rings (SSSR count). The molecule has 1 aromatic carbocycles. The summed E-state index contributed by atoms with van der Waals surface area (Å²) in [6.45, 7) is 5.69. The first-order valence-electron chi connectivity index (χ1n) is 11.2. The zero-order valence-electron chi connectivity index (χ0n) is 18.7. The van der Waals surface area contributed by atoms with Gasteiger partial charge in [-0.05, 0) is 43.5 Å². The average Bonchev–Trinajstić information content (AvgIpc) is 3.61. The fraction of sp³-hybridized carbons (Fsp3) is 0.348. The van der Waals surface area contributed by atoms with Gasteiger partial charge < -0.3 is 9.42 Å². The summed E-state index contributed by atoms with van der Waals surface area (Å²) in [6, 6.07) is 11.3. The number of carbonyl (C=O) groups is 1. The van der Waals surface area contributed by atoms with Gasteiger partial charge in [0.25, 0.3) is 5.91 Å². The first-order valence-corrected chi connectivity index (χ1v) is 12.4. The Morgan fingerprint density at radius 3 is 2.74 bits per heavy atom. The van der Waals surface area contributed by atoms with E-state index in [2.05, 4.69) is 25.4 Å². The van der Waals surface area contributed by atoms with Crippen molar-refractivity contribution in [1.82, 2.24) is 34.9 Å². The highest BCUT2D eigenvalue weighted by molar-refractivity contribution is 7.13. The topological polar surface area (TPSA) is 93.2 Å². The Morgan fingerprint density at radius 2 is 1.97 bits per heavy atom. The molecule has 0 unspecified atom stereocenters. The number of benzene rings is 1. The minimum atomic E-state index is -0.0950. The molecule has 1 aliphatic rings. The van der Waals surface area contributed by atoms with Crippen LogP contribution >= 0.6 is 22.9 Å². The number of piperazine rings is 1. The van der Waals surface area contributed by atoms with E-state index in [-0.39, 0.29) is 5.91 Å². The second kappa shape index (κ2) is 10.0. The standard InChI is InChI=1S/C23H24ClN7O2S/c1-16-21(26-28-31(16)18-7-3-2-6-17(18)24)23(32)30-13-11-29(12-14-30)10-4-9-20-25-22(27-33-20)19-8-5-15-34-19/h2-3,5-8,15H,4,9-14H2,1H3. The third-order valence-electron chi connectivity index (χ3n) is 5.91. The van der Waals surface area contributed by atoms with Crippen molar-refractivity contribution in [2.24, 2.45) is 0 Å². The number of halogens is 1. The molecule has 0 bridgehead atoms. The van der Waals surface area contributed by atoms with Crippen LogP contribution in [0.25, 0.3) is 16.4 Å². The first-order chi connectivity index (χ1) is 16.6. The maximum atomic E-state index is 13.1. The van der Waals surface area contributed by atoms with E-state index in [1.807, 2.05) is 47.5 Å². The monoisotopic (exact) mass is 497 g/mol. The molecule has 1 saturated heterocycles. The Balaban J connectivity index is 1.12. The fourth-order valence-corrected chi connectivity index (χ4v) is 4.88. The van der Waals surface area contributed by atoms with Gasteiger partial charge in [-0.1, -0.05) is 40.2 Å². The maximum Gasteiger partial charge on any atom is 0.276 e. The summed E-state index contributed by atoms with van der Waals surface area (Å²) in [4.78, 5) is 22.8. The second-order valence-corrected chi connectivity index (χ2v) is 9.47. The number of hydrogen-bond acceptors (Lipinski definition) is 8. The largest absolute Gasteiger partial charge is 0.339 e. The SMILES string of the molecule is Cc1c(C(=O)N2CCN(CCCc3nc(-c4cccs4)no3)CC2)nnn1-c1ccccc1Cl. The van der Waals surface area contributed by atoms with Crippen LogP contribution in [0.1, 0.15) is 28.5 Å². The number of aromatic nitrogens is 5. The highest BCUT2D eigenvalue weighted by Crippen LogP contribution is 2.23. The van der Waals surface area contributed by atoms with E-state index >= 15 is 0 Å². The van der Waals surface area contributed by atoms with E-state index in [1.165, 1.54) is 0 Å². The Labute approximate surface area is 205 Å². The van der Waals surface area contributed by atoms with E-state index in [4.69, 9.17) is 16.1 Å². The van der Waals surface area contributed by atoms with E-state index < -0.39 is 0 Å². The number of hydrogen-bond donors (Lipinski definition) is 0. The van der Waals surface area contributed by atoms with E-state index in [1.54, 1.807) is 22.1 Å². The van der Waals surface area contributed by atoms with Crippen LogP contribution in [0.5, 0.6) is 0 Å². The van der Waals surface area contributed by atoms with Crippen LogP contribution in [0.15, 0.2) is 46.3 Å². The fourth-order valence-electron chi connectivity index (χ4n) is 4.02. The van der Waals surface area contributed by atoms with Gasteiger partial charge in [-0.15, -0.1) is 16.4 Å². The molecule has 1 aliphatic heterocycles. The van der Waals surface area contributed by atoms with Gasteiger partial charge in [0.2, 0.25) is 11.7 Å². The lowest BCUT2D eigenvalue weighted by Gasteiger charge is -2.34. The van der Waals surface area contributed by atoms with Gasteiger partial charge in [-0.2, -0.15) is 4.98 Å².